The summed E-state index contributed by atoms with van der Waals surface area (Å²) < 4.78 is 51.9. The molecule has 2 aromatic rings. The smallest absolute Gasteiger partial charge is 0.319 e. The summed E-state index contributed by atoms with van der Waals surface area (Å²) in [6, 6.07) is 11.2. The molecule has 11 heteroatoms. The van der Waals surface area contributed by atoms with Gasteiger partial charge >= 0.3 is 13.6 Å². The SMILES string of the molecule is CCCOP(=O)(OCCC)C(NC(=O)NS(=O)(=O)c1ccc(C)cc1)c1ccc(Cl)cc1. The molecule has 32 heavy (non-hydrogen) atoms. The van der Waals surface area contributed by atoms with Crippen LogP contribution >= 0.6 is 19.2 Å². The Hall–Kier alpha value is -1.90. The van der Waals surface area contributed by atoms with Crippen molar-refractivity contribution < 1.29 is 26.8 Å². The minimum atomic E-state index is -4.14. The van der Waals surface area contributed by atoms with Crippen LogP contribution in [0.15, 0.2) is 53.4 Å². The molecule has 0 saturated heterocycles. The minimum Gasteiger partial charge on any atom is -0.319 e. The first kappa shape index (κ1) is 26.4. The second-order valence-electron chi connectivity index (χ2n) is 7.05. The zero-order valence-corrected chi connectivity index (χ0v) is 20.7. The molecule has 1 atom stereocenters. The highest BCUT2D eigenvalue weighted by Gasteiger charge is 2.39. The molecule has 0 bridgehead atoms. The average molecular weight is 503 g/mol. The number of nitrogens with one attached hydrogen (secondary N) is 2. The summed E-state index contributed by atoms with van der Waals surface area (Å²) in [5.74, 6) is -1.24. The van der Waals surface area contributed by atoms with Crippen molar-refractivity contribution in [3.05, 3.63) is 64.7 Å². The predicted molar refractivity (Wildman–Crippen MR) is 124 cm³/mol. The largest absolute Gasteiger partial charge is 0.357 e. The maximum atomic E-state index is 13.7. The van der Waals surface area contributed by atoms with Gasteiger partial charge in [-0.05, 0) is 49.6 Å². The van der Waals surface area contributed by atoms with Gasteiger partial charge in [-0.25, -0.2) is 17.9 Å². The van der Waals surface area contributed by atoms with Crippen molar-refractivity contribution in [2.45, 2.75) is 44.3 Å². The summed E-state index contributed by atoms with van der Waals surface area (Å²) in [6.45, 7) is 5.77. The van der Waals surface area contributed by atoms with Crippen LogP contribution in [0.25, 0.3) is 0 Å². The van der Waals surface area contributed by atoms with Gasteiger partial charge in [0.05, 0.1) is 18.1 Å². The zero-order chi connectivity index (χ0) is 23.8. The predicted octanol–water partition coefficient (Wildman–Crippen LogP) is 5.38. The highest BCUT2D eigenvalue weighted by Crippen LogP contribution is 2.59. The topological polar surface area (TPSA) is 111 Å². The molecule has 0 saturated carbocycles. The van der Waals surface area contributed by atoms with Gasteiger partial charge in [-0.1, -0.05) is 55.3 Å². The van der Waals surface area contributed by atoms with E-state index in [2.05, 4.69) is 5.32 Å². The molecule has 2 rings (SSSR count). The molecule has 8 nitrogen and oxygen atoms in total. The van der Waals surface area contributed by atoms with Crippen LogP contribution in [0.4, 0.5) is 4.79 Å². The van der Waals surface area contributed by atoms with Crippen molar-refractivity contribution in [1.29, 1.82) is 0 Å². The molecule has 1 unspecified atom stereocenters. The van der Waals surface area contributed by atoms with E-state index in [0.29, 0.717) is 23.4 Å². The van der Waals surface area contributed by atoms with E-state index in [-0.39, 0.29) is 18.1 Å². The van der Waals surface area contributed by atoms with Gasteiger partial charge in [-0.15, -0.1) is 0 Å². The van der Waals surface area contributed by atoms with E-state index in [0.717, 1.165) is 5.56 Å². The van der Waals surface area contributed by atoms with Crippen molar-refractivity contribution >= 4 is 35.3 Å². The van der Waals surface area contributed by atoms with Crippen LogP contribution in [0.3, 0.4) is 0 Å². The fraction of sp³-hybridized carbons (Fsp3) is 0.381. The number of hydrogen-bond donors (Lipinski definition) is 2. The fourth-order valence-corrected chi connectivity index (χ4v) is 5.77. The van der Waals surface area contributed by atoms with Gasteiger partial charge < -0.3 is 14.4 Å². The Bertz CT molecular complexity index is 1030. The van der Waals surface area contributed by atoms with Crippen LogP contribution in [0.5, 0.6) is 0 Å². The standard InChI is InChI=1S/C21H28ClN2O6PS/c1-4-14-29-31(26,30-15-5-2)20(17-8-10-18(22)11-9-17)23-21(25)24-32(27,28)19-12-6-16(3)7-13-19/h6-13,20H,4-5,14-15H2,1-3H3,(H2,23,24,25). The Kier molecular flexibility index (Phi) is 9.73. The minimum absolute atomic E-state index is 0.0751. The molecular formula is C21H28ClN2O6PS. The number of sulfonamides is 1. The van der Waals surface area contributed by atoms with Crippen LogP contribution in [-0.2, 0) is 23.6 Å². The third kappa shape index (κ3) is 7.32. The van der Waals surface area contributed by atoms with Crippen molar-refractivity contribution in [3.63, 3.8) is 0 Å². The highest BCUT2D eigenvalue weighted by molar-refractivity contribution is 7.90. The Morgan fingerprint density at radius 2 is 1.53 bits per heavy atom. The molecular weight excluding hydrogens is 475 g/mol. The molecule has 0 radical (unpaired) electrons. The second kappa shape index (κ2) is 11.8. The lowest BCUT2D eigenvalue weighted by Crippen LogP contribution is -2.41. The van der Waals surface area contributed by atoms with Crippen LogP contribution in [0.2, 0.25) is 5.02 Å². The molecule has 0 aliphatic carbocycles. The van der Waals surface area contributed by atoms with Gasteiger partial charge in [-0.3, -0.25) is 4.57 Å². The first-order valence-electron chi connectivity index (χ1n) is 10.2. The van der Waals surface area contributed by atoms with E-state index in [9.17, 15) is 17.8 Å². The van der Waals surface area contributed by atoms with Gasteiger partial charge in [-0.2, -0.15) is 0 Å². The number of benzene rings is 2. The number of carbonyl (C=O) groups excluding carboxylic acids is 1. The van der Waals surface area contributed by atoms with Gasteiger partial charge in [0.2, 0.25) is 0 Å². The summed E-state index contributed by atoms with van der Waals surface area (Å²) >= 11 is 5.96. The number of halogens is 1. The van der Waals surface area contributed by atoms with Gasteiger partial charge in [0, 0.05) is 5.02 Å². The molecule has 0 aliphatic rings. The third-order valence-electron chi connectivity index (χ3n) is 4.28. The first-order chi connectivity index (χ1) is 15.1. The molecule has 2 aromatic carbocycles. The van der Waals surface area contributed by atoms with Crippen LogP contribution in [-0.4, -0.2) is 27.7 Å². The molecule has 0 spiro atoms. The van der Waals surface area contributed by atoms with Gasteiger partial charge in [0.15, 0.2) is 5.78 Å². The summed E-state index contributed by atoms with van der Waals surface area (Å²) in [4.78, 5) is 12.6. The molecule has 0 fully saturated rings. The fourth-order valence-electron chi connectivity index (χ4n) is 2.67. The zero-order valence-electron chi connectivity index (χ0n) is 18.2. The number of hydrogen-bond acceptors (Lipinski definition) is 6. The normalized spacial score (nSPS) is 12.9. The Balaban J connectivity index is 2.34. The van der Waals surface area contributed by atoms with Crippen molar-refractivity contribution in [2.75, 3.05) is 13.2 Å². The first-order valence-corrected chi connectivity index (χ1v) is 13.6. The summed E-state index contributed by atoms with van der Waals surface area (Å²) in [5, 5.41) is 2.91. The molecule has 176 valence electrons. The van der Waals surface area contributed by atoms with E-state index in [1.165, 1.54) is 12.1 Å². The Morgan fingerprint density at radius 3 is 2.03 bits per heavy atom. The molecule has 2 amide bonds. The number of rotatable bonds is 11. The molecule has 0 aromatic heterocycles. The van der Waals surface area contributed by atoms with E-state index < -0.39 is 29.4 Å². The monoisotopic (exact) mass is 502 g/mol. The second-order valence-corrected chi connectivity index (χ2v) is 11.3. The lowest BCUT2D eigenvalue weighted by atomic mass is 10.2. The van der Waals surface area contributed by atoms with Crippen molar-refractivity contribution in [1.82, 2.24) is 10.0 Å². The quantitative estimate of drug-likeness (QED) is 0.399. The maximum Gasteiger partial charge on any atom is 0.357 e. The van der Waals surface area contributed by atoms with E-state index in [1.54, 1.807) is 36.4 Å². The summed E-state index contributed by atoms with van der Waals surface area (Å²) in [6.07, 6.45) is 1.14. The number of amides is 2. The molecule has 0 heterocycles. The van der Waals surface area contributed by atoms with Gasteiger partial charge in [0.1, 0.15) is 0 Å². The number of aryl methyl sites for hydroxylation is 1. The van der Waals surface area contributed by atoms with Crippen LogP contribution in [0.1, 0.15) is 43.6 Å². The third-order valence-corrected chi connectivity index (χ3v) is 8.02. The number of urea groups is 1. The molecule has 0 aliphatic heterocycles. The van der Waals surface area contributed by atoms with Crippen molar-refractivity contribution in [3.8, 4) is 0 Å². The Morgan fingerprint density at radius 1 is 1.00 bits per heavy atom. The van der Waals surface area contributed by atoms with Crippen molar-refractivity contribution in [2.24, 2.45) is 0 Å². The Labute approximate surface area is 194 Å². The van der Waals surface area contributed by atoms with Gasteiger partial charge in [0.25, 0.3) is 10.0 Å². The van der Waals surface area contributed by atoms with E-state index in [4.69, 9.17) is 20.6 Å². The maximum absolute atomic E-state index is 13.7. The lowest BCUT2D eigenvalue weighted by Gasteiger charge is -2.28. The highest BCUT2D eigenvalue weighted by atomic mass is 35.5. The molecule has 2 N–H and O–H groups in total. The van der Waals surface area contributed by atoms with Crippen LogP contribution in [0, 0.1) is 6.92 Å². The van der Waals surface area contributed by atoms with Crippen LogP contribution < -0.4 is 10.0 Å². The van der Waals surface area contributed by atoms with E-state index >= 15 is 0 Å². The number of carbonyl (C=O) groups is 1. The summed E-state index contributed by atoms with van der Waals surface area (Å²) in [7, 11) is -8.05. The summed E-state index contributed by atoms with van der Waals surface area (Å²) in [5.41, 5.74) is 1.27. The lowest BCUT2D eigenvalue weighted by molar-refractivity contribution is 0.191. The van der Waals surface area contributed by atoms with E-state index in [1.807, 2.05) is 25.5 Å². The average Bonchev–Trinajstić information content (AvgIpc) is 2.75.